The molecule has 2 N–H and O–H groups in total. The third-order valence-corrected chi connectivity index (χ3v) is 3.44. The molecule has 1 aliphatic rings. The lowest BCUT2D eigenvalue weighted by atomic mass is 9.93. The molecule has 2 atom stereocenters. The van der Waals surface area contributed by atoms with Gasteiger partial charge in [0.2, 0.25) is 0 Å². The Morgan fingerprint density at radius 3 is 2.56 bits per heavy atom. The van der Waals surface area contributed by atoms with E-state index >= 15 is 0 Å². The molecule has 0 aromatic heterocycles. The third-order valence-electron chi connectivity index (χ3n) is 3.44. The molecule has 1 aromatic rings. The fourth-order valence-corrected chi connectivity index (χ4v) is 2.36. The van der Waals surface area contributed by atoms with E-state index in [-0.39, 0.29) is 6.04 Å². The number of likely N-dealkylation sites (tertiary alicyclic amines) is 1. The van der Waals surface area contributed by atoms with Gasteiger partial charge in [-0.15, -0.1) is 0 Å². The Hall–Kier alpha value is -1.06. The molecule has 0 radical (unpaired) electrons. The van der Waals surface area contributed by atoms with Crippen molar-refractivity contribution in [1.29, 1.82) is 0 Å². The second kappa shape index (κ2) is 4.85. The minimum atomic E-state index is 0.149. The number of benzene rings is 1. The molecule has 0 saturated carbocycles. The van der Waals surface area contributed by atoms with E-state index in [1.165, 1.54) is 12.0 Å². The van der Waals surface area contributed by atoms with E-state index in [1.807, 2.05) is 12.1 Å². The Labute approximate surface area is 97.2 Å². The number of nitrogens with two attached hydrogens (primary N) is 1. The van der Waals surface area contributed by atoms with Crippen molar-refractivity contribution in [3.05, 3.63) is 29.8 Å². The maximum atomic E-state index is 6.29. The molecule has 0 amide bonds. The number of methoxy groups -OCH3 is 1. The van der Waals surface area contributed by atoms with Crippen LogP contribution in [0.1, 0.15) is 18.0 Å². The average Bonchev–Trinajstić information content (AvgIpc) is 2.75. The molecule has 3 nitrogen and oxygen atoms in total. The maximum Gasteiger partial charge on any atom is 0.118 e. The van der Waals surface area contributed by atoms with Gasteiger partial charge in [-0.3, -0.25) is 0 Å². The highest BCUT2D eigenvalue weighted by molar-refractivity contribution is 5.29. The first-order valence-electron chi connectivity index (χ1n) is 5.79. The molecule has 2 rings (SSSR count). The van der Waals surface area contributed by atoms with E-state index in [4.69, 9.17) is 10.5 Å². The van der Waals surface area contributed by atoms with Gasteiger partial charge in [0, 0.05) is 12.6 Å². The molecule has 88 valence electrons. The average molecular weight is 220 g/mol. The van der Waals surface area contributed by atoms with Gasteiger partial charge in [0.1, 0.15) is 5.75 Å². The van der Waals surface area contributed by atoms with E-state index in [0.717, 1.165) is 18.8 Å². The van der Waals surface area contributed by atoms with Gasteiger partial charge in [-0.1, -0.05) is 12.1 Å². The molecule has 1 saturated heterocycles. The van der Waals surface area contributed by atoms with Crippen LogP contribution in [0.25, 0.3) is 0 Å². The van der Waals surface area contributed by atoms with Crippen molar-refractivity contribution in [3.63, 3.8) is 0 Å². The van der Waals surface area contributed by atoms with Gasteiger partial charge < -0.3 is 15.4 Å². The Bertz CT molecular complexity index is 336. The second-order valence-electron chi connectivity index (χ2n) is 4.61. The first kappa shape index (κ1) is 11.4. The molecule has 0 aliphatic carbocycles. The molecule has 1 fully saturated rings. The Morgan fingerprint density at radius 1 is 1.38 bits per heavy atom. The summed E-state index contributed by atoms with van der Waals surface area (Å²) >= 11 is 0. The summed E-state index contributed by atoms with van der Waals surface area (Å²) in [7, 11) is 3.83. The van der Waals surface area contributed by atoms with E-state index < -0.39 is 0 Å². The van der Waals surface area contributed by atoms with Crippen molar-refractivity contribution < 1.29 is 4.74 Å². The van der Waals surface area contributed by atoms with Crippen molar-refractivity contribution >= 4 is 0 Å². The lowest BCUT2D eigenvalue weighted by Gasteiger charge is -2.19. The minimum Gasteiger partial charge on any atom is -0.497 e. The normalized spacial score (nSPS) is 23.3. The highest BCUT2D eigenvalue weighted by Crippen LogP contribution is 2.28. The van der Waals surface area contributed by atoms with Gasteiger partial charge in [0.15, 0.2) is 0 Å². The van der Waals surface area contributed by atoms with E-state index in [9.17, 15) is 0 Å². The molecule has 0 spiro atoms. The monoisotopic (exact) mass is 220 g/mol. The third kappa shape index (κ3) is 2.36. The van der Waals surface area contributed by atoms with Crippen molar-refractivity contribution in [1.82, 2.24) is 4.90 Å². The van der Waals surface area contributed by atoms with Crippen molar-refractivity contribution in [2.24, 2.45) is 11.7 Å². The number of hydrogen-bond donors (Lipinski definition) is 1. The number of hydrogen-bond acceptors (Lipinski definition) is 3. The highest BCUT2D eigenvalue weighted by Gasteiger charge is 2.26. The largest absolute Gasteiger partial charge is 0.497 e. The summed E-state index contributed by atoms with van der Waals surface area (Å²) in [5.74, 6) is 1.47. The molecule has 3 heteroatoms. The Kier molecular flexibility index (Phi) is 3.46. The van der Waals surface area contributed by atoms with E-state index in [0.29, 0.717) is 5.92 Å². The Balaban J connectivity index is 2.05. The van der Waals surface area contributed by atoms with Crippen LogP contribution in [0.2, 0.25) is 0 Å². The summed E-state index contributed by atoms with van der Waals surface area (Å²) in [6.45, 7) is 2.27. The van der Waals surface area contributed by atoms with Gasteiger partial charge >= 0.3 is 0 Å². The molecule has 16 heavy (non-hydrogen) atoms. The van der Waals surface area contributed by atoms with Crippen LogP contribution in [-0.2, 0) is 0 Å². The first-order valence-corrected chi connectivity index (χ1v) is 5.79. The van der Waals surface area contributed by atoms with E-state index in [2.05, 4.69) is 24.1 Å². The zero-order valence-electron chi connectivity index (χ0n) is 10.0. The van der Waals surface area contributed by atoms with Gasteiger partial charge in [-0.05, 0) is 43.6 Å². The molecule has 1 aromatic carbocycles. The Morgan fingerprint density at radius 2 is 2.06 bits per heavy atom. The van der Waals surface area contributed by atoms with Crippen LogP contribution >= 0.6 is 0 Å². The van der Waals surface area contributed by atoms with Crippen LogP contribution in [0, 0.1) is 5.92 Å². The van der Waals surface area contributed by atoms with Gasteiger partial charge in [0.25, 0.3) is 0 Å². The summed E-state index contributed by atoms with van der Waals surface area (Å²) < 4.78 is 5.14. The predicted molar refractivity (Wildman–Crippen MR) is 65.5 cm³/mol. The van der Waals surface area contributed by atoms with Crippen LogP contribution in [0.15, 0.2) is 24.3 Å². The quantitative estimate of drug-likeness (QED) is 0.841. The molecule has 0 bridgehead atoms. The molecular formula is C13H20N2O. The van der Waals surface area contributed by atoms with Crippen molar-refractivity contribution in [2.45, 2.75) is 12.5 Å². The molecule has 2 unspecified atom stereocenters. The lowest BCUT2D eigenvalue weighted by molar-refractivity contribution is 0.372. The minimum absolute atomic E-state index is 0.149. The van der Waals surface area contributed by atoms with Gasteiger partial charge in [0.05, 0.1) is 7.11 Å². The van der Waals surface area contributed by atoms with Crippen molar-refractivity contribution in [3.8, 4) is 5.75 Å². The predicted octanol–water partition coefficient (Wildman–Crippen LogP) is 1.65. The summed E-state index contributed by atoms with van der Waals surface area (Å²) in [5, 5.41) is 0. The number of ether oxygens (including phenoxy) is 1. The SMILES string of the molecule is COc1ccc(C(N)C2CCN(C)C2)cc1. The van der Waals surface area contributed by atoms with Crippen LogP contribution in [0.3, 0.4) is 0 Å². The zero-order valence-corrected chi connectivity index (χ0v) is 10.0. The van der Waals surface area contributed by atoms with Crippen LogP contribution in [-0.4, -0.2) is 32.1 Å². The van der Waals surface area contributed by atoms with Crippen molar-refractivity contribution in [2.75, 3.05) is 27.2 Å². The molecule has 1 heterocycles. The first-order chi connectivity index (χ1) is 7.70. The highest BCUT2D eigenvalue weighted by atomic mass is 16.5. The van der Waals surface area contributed by atoms with Gasteiger partial charge in [-0.25, -0.2) is 0 Å². The van der Waals surface area contributed by atoms with Crippen LogP contribution in [0.5, 0.6) is 5.75 Å². The van der Waals surface area contributed by atoms with Crippen LogP contribution < -0.4 is 10.5 Å². The van der Waals surface area contributed by atoms with Crippen LogP contribution in [0.4, 0.5) is 0 Å². The standard InChI is InChI=1S/C13H20N2O/c1-15-8-7-11(9-15)13(14)10-3-5-12(16-2)6-4-10/h3-6,11,13H,7-9,14H2,1-2H3. The molecular weight excluding hydrogens is 200 g/mol. The summed E-state index contributed by atoms with van der Waals surface area (Å²) in [6.07, 6.45) is 1.20. The maximum absolute atomic E-state index is 6.29. The topological polar surface area (TPSA) is 38.5 Å². The summed E-state index contributed by atoms with van der Waals surface area (Å²) in [5.41, 5.74) is 7.50. The summed E-state index contributed by atoms with van der Waals surface area (Å²) in [6, 6.07) is 8.25. The number of nitrogens with zero attached hydrogens (tertiary/aromatic N) is 1. The van der Waals surface area contributed by atoms with E-state index in [1.54, 1.807) is 7.11 Å². The molecule has 1 aliphatic heterocycles. The van der Waals surface area contributed by atoms with Gasteiger partial charge in [-0.2, -0.15) is 0 Å². The zero-order chi connectivity index (χ0) is 11.5. The fraction of sp³-hybridized carbons (Fsp3) is 0.538. The lowest BCUT2D eigenvalue weighted by Crippen LogP contribution is -2.24. The second-order valence-corrected chi connectivity index (χ2v) is 4.61. The summed E-state index contributed by atoms with van der Waals surface area (Å²) in [4.78, 5) is 2.34. The smallest absolute Gasteiger partial charge is 0.118 e. The number of rotatable bonds is 3. The fourth-order valence-electron chi connectivity index (χ4n) is 2.36.